The van der Waals surface area contributed by atoms with E-state index >= 15 is 0 Å². The number of phenolic OH excluding ortho intramolecular Hbond substituents is 2. The first kappa shape index (κ1) is 19.4. The van der Waals surface area contributed by atoms with Crippen LogP contribution in [0.5, 0.6) is 11.5 Å². The molecule has 0 atom stereocenters. The van der Waals surface area contributed by atoms with Crippen LogP contribution in [-0.2, 0) is 10.0 Å². The summed E-state index contributed by atoms with van der Waals surface area (Å²) in [5, 5.41) is 24.5. The van der Waals surface area contributed by atoms with Gasteiger partial charge in [-0.2, -0.15) is 5.10 Å². The minimum atomic E-state index is -3.81. The summed E-state index contributed by atoms with van der Waals surface area (Å²) in [7, 11) is -3.81. The lowest BCUT2D eigenvalue weighted by Crippen LogP contribution is -2.21. The Morgan fingerprint density at radius 3 is 2.57 bits per heavy atom. The van der Waals surface area contributed by atoms with Crippen LogP contribution in [0, 0.1) is 0 Å². The molecule has 1 aromatic heterocycles. The fourth-order valence-corrected chi connectivity index (χ4v) is 4.33. The highest BCUT2D eigenvalue weighted by molar-refractivity contribution is 7.94. The first-order valence-corrected chi connectivity index (χ1v) is 10.2. The average molecular weight is 417 g/mol. The van der Waals surface area contributed by atoms with Crippen molar-refractivity contribution in [3.8, 4) is 11.5 Å². The van der Waals surface area contributed by atoms with E-state index < -0.39 is 15.9 Å². The van der Waals surface area contributed by atoms with Gasteiger partial charge in [-0.1, -0.05) is 24.3 Å². The number of amides is 1. The molecule has 1 amide bonds. The summed E-state index contributed by atoms with van der Waals surface area (Å²) in [4.78, 5) is 12.4. The van der Waals surface area contributed by atoms with Crippen LogP contribution in [0.4, 0.5) is 5.69 Å². The second kappa shape index (κ2) is 8.11. The highest BCUT2D eigenvalue weighted by Gasteiger charge is 2.19. The number of carbonyl (C=O) groups is 1. The molecule has 10 heteroatoms. The standard InChI is InChI=1S/C18H15N3O5S2/c22-15-8-3-5-12(17(15)23)11-19-20-18(24)13-6-1-2-7-14(13)21-28(25,26)16-9-4-10-27-16/h1-11,21-23H,(H,20,24)/b19-11+. The summed E-state index contributed by atoms with van der Waals surface area (Å²) in [6, 6.07) is 13.5. The molecule has 0 unspecified atom stereocenters. The number of thiophene rings is 1. The van der Waals surface area contributed by atoms with Crippen LogP contribution in [0.25, 0.3) is 0 Å². The third-order valence-electron chi connectivity index (χ3n) is 3.59. The van der Waals surface area contributed by atoms with E-state index in [9.17, 15) is 23.4 Å². The van der Waals surface area contributed by atoms with E-state index in [0.717, 1.165) is 17.6 Å². The van der Waals surface area contributed by atoms with Gasteiger partial charge in [0.25, 0.3) is 15.9 Å². The number of carbonyl (C=O) groups excluding carboxylic acids is 1. The molecular formula is C18H15N3O5S2. The van der Waals surface area contributed by atoms with E-state index in [2.05, 4.69) is 15.2 Å². The first-order valence-electron chi connectivity index (χ1n) is 7.88. The highest BCUT2D eigenvalue weighted by Crippen LogP contribution is 2.26. The zero-order chi connectivity index (χ0) is 20.1. The highest BCUT2D eigenvalue weighted by atomic mass is 32.2. The molecule has 8 nitrogen and oxygen atoms in total. The number of para-hydroxylation sites is 2. The Labute approximate surface area is 164 Å². The van der Waals surface area contributed by atoms with Crippen LogP contribution in [-0.4, -0.2) is 30.8 Å². The Kier molecular flexibility index (Phi) is 5.62. The van der Waals surface area contributed by atoms with E-state index in [-0.39, 0.29) is 32.5 Å². The monoisotopic (exact) mass is 417 g/mol. The number of aromatic hydroxyl groups is 2. The lowest BCUT2D eigenvalue weighted by atomic mass is 10.2. The summed E-state index contributed by atoms with van der Waals surface area (Å²) in [5.74, 6) is -1.34. The number of rotatable bonds is 6. The maximum absolute atomic E-state index is 12.4. The number of hydrazone groups is 1. The van der Waals surface area contributed by atoms with E-state index in [1.54, 1.807) is 23.6 Å². The Hall–Kier alpha value is -3.37. The summed E-state index contributed by atoms with van der Waals surface area (Å²) in [5.41, 5.74) is 2.63. The zero-order valence-electron chi connectivity index (χ0n) is 14.2. The van der Waals surface area contributed by atoms with Gasteiger partial charge in [0.05, 0.1) is 17.5 Å². The van der Waals surface area contributed by atoms with E-state index in [4.69, 9.17) is 0 Å². The van der Waals surface area contributed by atoms with Crippen LogP contribution in [0.1, 0.15) is 15.9 Å². The molecule has 0 aliphatic carbocycles. The molecule has 3 rings (SSSR count). The molecule has 0 saturated carbocycles. The molecule has 4 N–H and O–H groups in total. The fraction of sp³-hybridized carbons (Fsp3) is 0. The minimum absolute atomic E-state index is 0.0694. The maximum atomic E-state index is 12.4. The summed E-state index contributed by atoms with van der Waals surface area (Å²) >= 11 is 1.06. The normalized spacial score (nSPS) is 11.4. The lowest BCUT2D eigenvalue weighted by molar-refractivity contribution is 0.0956. The number of sulfonamides is 1. The Morgan fingerprint density at radius 2 is 1.82 bits per heavy atom. The minimum Gasteiger partial charge on any atom is -0.504 e. The number of benzene rings is 2. The van der Waals surface area contributed by atoms with Gasteiger partial charge in [-0.15, -0.1) is 11.3 Å². The van der Waals surface area contributed by atoms with Crippen molar-refractivity contribution in [1.82, 2.24) is 5.43 Å². The van der Waals surface area contributed by atoms with Crippen molar-refractivity contribution in [3.63, 3.8) is 0 Å². The quantitative estimate of drug-likeness (QED) is 0.279. The van der Waals surface area contributed by atoms with Crippen LogP contribution < -0.4 is 10.1 Å². The molecule has 0 saturated heterocycles. The SMILES string of the molecule is O=C(N/N=C/c1cccc(O)c1O)c1ccccc1NS(=O)(=O)c1cccs1. The zero-order valence-corrected chi connectivity index (χ0v) is 15.9. The maximum Gasteiger partial charge on any atom is 0.273 e. The van der Waals surface area contributed by atoms with Crippen LogP contribution in [0.15, 0.2) is 69.3 Å². The molecule has 0 aliphatic rings. The van der Waals surface area contributed by atoms with Gasteiger partial charge in [0.15, 0.2) is 11.5 Å². The Bertz CT molecular complexity index is 1130. The third kappa shape index (κ3) is 4.30. The van der Waals surface area contributed by atoms with Crippen molar-refractivity contribution < 1.29 is 23.4 Å². The summed E-state index contributed by atoms with van der Waals surface area (Å²) in [6.45, 7) is 0. The summed E-state index contributed by atoms with van der Waals surface area (Å²) in [6.07, 6.45) is 1.16. The average Bonchev–Trinajstić information content (AvgIpc) is 3.21. The number of hydrogen-bond donors (Lipinski definition) is 4. The van der Waals surface area contributed by atoms with Crippen molar-refractivity contribution in [1.29, 1.82) is 0 Å². The first-order chi connectivity index (χ1) is 13.4. The van der Waals surface area contributed by atoms with Crippen LogP contribution >= 0.6 is 11.3 Å². The number of nitrogens with zero attached hydrogens (tertiary/aromatic N) is 1. The molecule has 0 bridgehead atoms. The van der Waals surface area contributed by atoms with Gasteiger partial charge >= 0.3 is 0 Å². The van der Waals surface area contributed by atoms with E-state index in [0.29, 0.717) is 0 Å². The molecule has 0 spiro atoms. The Morgan fingerprint density at radius 1 is 1.04 bits per heavy atom. The van der Waals surface area contributed by atoms with Gasteiger partial charge in [0.2, 0.25) is 0 Å². The Balaban J connectivity index is 1.78. The fourth-order valence-electron chi connectivity index (χ4n) is 2.26. The largest absolute Gasteiger partial charge is 0.504 e. The number of hydrogen-bond acceptors (Lipinski definition) is 7. The molecule has 0 fully saturated rings. The second-order valence-corrected chi connectivity index (χ2v) is 8.35. The lowest BCUT2D eigenvalue weighted by Gasteiger charge is -2.10. The molecule has 3 aromatic rings. The third-order valence-corrected chi connectivity index (χ3v) is 6.35. The number of phenols is 2. The van der Waals surface area contributed by atoms with Crippen molar-refractivity contribution >= 4 is 39.2 Å². The van der Waals surface area contributed by atoms with Gasteiger partial charge in [-0.3, -0.25) is 9.52 Å². The molecular weight excluding hydrogens is 402 g/mol. The predicted molar refractivity (Wildman–Crippen MR) is 106 cm³/mol. The molecule has 0 radical (unpaired) electrons. The summed E-state index contributed by atoms with van der Waals surface area (Å²) < 4.78 is 27.3. The van der Waals surface area contributed by atoms with E-state index in [1.807, 2.05) is 0 Å². The van der Waals surface area contributed by atoms with E-state index in [1.165, 1.54) is 36.4 Å². The van der Waals surface area contributed by atoms with Crippen LogP contribution in [0.3, 0.4) is 0 Å². The second-order valence-electron chi connectivity index (χ2n) is 5.50. The predicted octanol–water partition coefficient (Wildman–Crippen LogP) is 2.72. The molecule has 2 aromatic carbocycles. The van der Waals surface area contributed by atoms with Crippen molar-refractivity contribution in [2.24, 2.45) is 5.10 Å². The number of anilines is 1. The van der Waals surface area contributed by atoms with Crippen molar-refractivity contribution in [2.75, 3.05) is 4.72 Å². The van der Waals surface area contributed by atoms with Crippen LogP contribution in [0.2, 0.25) is 0 Å². The molecule has 144 valence electrons. The van der Waals surface area contributed by atoms with Crippen molar-refractivity contribution in [2.45, 2.75) is 4.21 Å². The molecule has 0 aliphatic heterocycles. The smallest absolute Gasteiger partial charge is 0.273 e. The molecule has 28 heavy (non-hydrogen) atoms. The number of nitrogens with one attached hydrogen (secondary N) is 2. The topological polar surface area (TPSA) is 128 Å². The molecule has 1 heterocycles. The van der Waals surface area contributed by atoms with Gasteiger partial charge in [-0.25, -0.2) is 13.8 Å². The van der Waals surface area contributed by atoms with Crippen molar-refractivity contribution in [3.05, 3.63) is 71.1 Å². The van der Waals surface area contributed by atoms with Gasteiger partial charge in [0, 0.05) is 5.56 Å². The van der Waals surface area contributed by atoms with Gasteiger partial charge in [-0.05, 0) is 35.7 Å². The van der Waals surface area contributed by atoms with Gasteiger partial charge in [0.1, 0.15) is 4.21 Å². The van der Waals surface area contributed by atoms with Gasteiger partial charge < -0.3 is 10.2 Å².